The molecule has 3 atom stereocenters. The number of amides is 1. The van der Waals surface area contributed by atoms with E-state index in [0.29, 0.717) is 0 Å². The van der Waals surface area contributed by atoms with E-state index in [-0.39, 0.29) is 28.8 Å². The van der Waals surface area contributed by atoms with Gasteiger partial charge in [0.15, 0.2) is 0 Å². The Labute approximate surface area is 99.2 Å². The van der Waals surface area contributed by atoms with Crippen molar-refractivity contribution in [2.75, 3.05) is 0 Å². The summed E-state index contributed by atoms with van der Waals surface area (Å²) < 4.78 is 0. The van der Waals surface area contributed by atoms with Gasteiger partial charge in [-0.15, -0.1) is 0 Å². The molecule has 0 aromatic carbocycles. The zero-order valence-electron chi connectivity index (χ0n) is 11.3. The normalized spacial score (nSPS) is 32.5. The van der Waals surface area contributed by atoms with E-state index in [4.69, 9.17) is 5.73 Å². The lowest BCUT2D eigenvalue weighted by Gasteiger charge is -2.34. The summed E-state index contributed by atoms with van der Waals surface area (Å²) in [6, 6.07) is 0.185. The molecule has 1 fully saturated rings. The second-order valence-electron chi connectivity index (χ2n) is 6.48. The maximum absolute atomic E-state index is 12.2. The summed E-state index contributed by atoms with van der Waals surface area (Å²) in [5.41, 5.74) is 5.77. The van der Waals surface area contributed by atoms with Gasteiger partial charge in [0.05, 0.1) is 5.41 Å². The van der Waals surface area contributed by atoms with Crippen LogP contribution in [0.15, 0.2) is 0 Å². The molecule has 0 spiro atoms. The van der Waals surface area contributed by atoms with Crippen LogP contribution in [-0.2, 0) is 4.79 Å². The maximum atomic E-state index is 12.2. The molecular weight excluding hydrogens is 200 g/mol. The Bertz CT molecular complexity index is 270. The molecule has 3 nitrogen and oxygen atoms in total. The minimum absolute atomic E-state index is 0.0136. The van der Waals surface area contributed by atoms with Gasteiger partial charge in [-0.2, -0.15) is 0 Å². The SMILES string of the molecule is CC(NC(=O)C1(C)CCCC1N)C(C)(C)C. The number of hydrogen-bond acceptors (Lipinski definition) is 2. The molecule has 0 aromatic heterocycles. The van der Waals surface area contributed by atoms with Crippen LogP contribution in [-0.4, -0.2) is 18.0 Å². The Hall–Kier alpha value is -0.570. The molecule has 0 radical (unpaired) electrons. The third-order valence-electron chi connectivity index (χ3n) is 4.19. The van der Waals surface area contributed by atoms with Gasteiger partial charge in [-0.25, -0.2) is 0 Å². The highest BCUT2D eigenvalue weighted by atomic mass is 16.2. The van der Waals surface area contributed by atoms with Crippen molar-refractivity contribution >= 4 is 5.91 Å². The van der Waals surface area contributed by atoms with Gasteiger partial charge in [-0.1, -0.05) is 27.2 Å². The molecular formula is C13H26N2O. The first-order valence-corrected chi connectivity index (χ1v) is 6.24. The van der Waals surface area contributed by atoms with Crippen LogP contribution < -0.4 is 11.1 Å². The number of hydrogen-bond donors (Lipinski definition) is 2. The summed E-state index contributed by atoms with van der Waals surface area (Å²) in [5, 5.41) is 3.11. The minimum Gasteiger partial charge on any atom is -0.353 e. The first kappa shape index (κ1) is 13.5. The number of carbonyl (C=O) groups excluding carboxylic acids is 1. The second kappa shape index (κ2) is 4.36. The van der Waals surface area contributed by atoms with Gasteiger partial charge < -0.3 is 11.1 Å². The lowest BCUT2D eigenvalue weighted by molar-refractivity contribution is -0.131. The van der Waals surface area contributed by atoms with Crippen LogP contribution in [0.1, 0.15) is 53.9 Å². The largest absolute Gasteiger partial charge is 0.353 e. The fraction of sp³-hybridized carbons (Fsp3) is 0.923. The van der Waals surface area contributed by atoms with Crippen LogP contribution in [0.5, 0.6) is 0 Å². The second-order valence-corrected chi connectivity index (χ2v) is 6.48. The predicted octanol–water partition coefficient (Wildman–Crippen LogP) is 2.05. The van der Waals surface area contributed by atoms with Crippen LogP contribution in [0.3, 0.4) is 0 Å². The smallest absolute Gasteiger partial charge is 0.227 e. The molecule has 16 heavy (non-hydrogen) atoms. The van der Waals surface area contributed by atoms with Gasteiger partial charge in [0.2, 0.25) is 5.91 Å². The minimum atomic E-state index is -0.362. The Morgan fingerprint density at radius 1 is 1.50 bits per heavy atom. The summed E-state index contributed by atoms with van der Waals surface area (Å²) in [4.78, 5) is 12.2. The standard InChI is InChI=1S/C13H26N2O/c1-9(12(2,3)4)15-11(16)13(5)8-6-7-10(13)14/h9-10H,6-8,14H2,1-5H3,(H,15,16). The average Bonchev–Trinajstić information content (AvgIpc) is 2.46. The molecule has 0 heterocycles. The van der Waals surface area contributed by atoms with Crippen molar-refractivity contribution < 1.29 is 4.79 Å². The van der Waals surface area contributed by atoms with E-state index in [1.807, 2.05) is 6.92 Å². The summed E-state index contributed by atoms with van der Waals surface area (Å²) in [5.74, 6) is 0.125. The van der Waals surface area contributed by atoms with Crippen LogP contribution in [0.2, 0.25) is 0 Å². The van der Waals surface area contributed by atoms with Crippen molar-refractivity contribution in [2.24, 2.45) is 16.6 Å². The van der Waals surface area contributed by atoms with E-state index < -0.39 is 0 Å². The van der Waals surface area contributed by atoms with Crippen molar-refractivity contribution in [3.8, 4) is 0 Å². The average molecular weight is 226 g/mol. The van der Waals surface area contributed by atoms with Crippen molar-refractivity contribution in [3.63, 3.8) is 0 Å². The zero-order chi connectivity index (χ0) is 12.6. The summed E-state index contributed by atoms with van der Waals surface area (Å²) in [6.45, 7) is 10.5. The Kier molecular flexibility index (Phi) is 3.68. The quantitative estimate of drug-likeness (QED) is 0.757. The van der Waals surface area contributed by atoms with E-state index in [1.54, 1.807) is 0 Å². The van der Waals surface area contributed by atoms with E-state index >= 15 is 0 Å². The number of carbonyl (C=O) groups is 1. The lowest BCUT2D eigenvalue weighted by Crippen LogP contribution is -2.52. The molecule has 0 bridgehead atoms. The molecule has 1 aliphatic rings. The fourth-order valence-corrected chi connectivity index (χ4v) is 2.05. The van der Waals surface area contributed by atoms with Crippen LogP contribution >= 0.6 is 0 Å². The van der Waals surface area contributed by atoms with E-state index in [2.05, 4.69) is 33.0 Å². The molecule has 1 saturated carbocycles. The van der Waals surface area contributed by atoms with E-state index in [9.17, 15) is 4.79 Å². The summed E-state index contributed by atoms with van der Waals surface area (Å²) >= 11 is 0. The third kappa shape index (κ3) is 2.57. The Morgan fingerprint density at radius 2 is 2.06 bits per heavy atom. The topological polar surface area (TPSA) is 55.1 Å². The molecule has 0 aliphatic heterocycles. The van der Waals surface area contributed by atoms with Crippen LogP contribution in [0, 0.1) is 10.8 Å². The first-order chi connectivity index (χ1) is 7.18. The van der Waals surface area contributed by atoms with Gasteiger partial charge in [0.25, 0.3) is 0 Å². The van der Waals surface area contributed by atoms with Gasteiger partial charge in [0, 0.05) is 12.1 Å². The van der Waals surface area contributed by atoms with Crippen molar-refractivity contribution in [2.45, 2.75) is 66.0 Å². The highest BCUT2D eigenvalue weighted by Gasteiger charge is 2.43. The van der Waals surface area contributed by atoms with Crippen LogP contribution in [0.4, 0.5) is 0 Å². The van der Waals surface area contributed by atoms with Gasteiger partial charge in [0.1, 0.15) is 0 Å². The van der Waals surface area contributed by atoms with Crippen molar-refractivity contribution in [1.29, 1.82) is 0 Å². The molecule has 3 heteroatoms. The molecule has 3 unspecified atom stereocenters. The fourth-order valence-electron chi connectivity index (χ4n) is 2.05. The highest BCUT2D eigenvalue weighted by molar-refractivity contribution is 5.83. The number of rotatable bonds is 2. The Morgan fingerprint density at radius 3 is 2.44 bits per heavy atom. The molecule has 0 aromatic rings. The number of nitrogens with two attached hydrogens (primary N) is 1. The molecule has 1 rings (SSSR count). The van der Waals surface area contributed by atoms with E-state index in [0.717, 1.165) is 19.3 Å². The third-order valence-corrected chi connectivity index (χ3v) is 4.19. The monoisotopic (exact) mass is 226 g/mol. The molecule has 3 N–H and O–H groups in total. The first-order valence-electron chi connectivity index (χ1n) is 6.24. The van der Waals surface area contributed by atoms with Crippen molar-refractivity contribution in [1.82, 2.24) is 5.32 Å². The van der Waals surface area contributed by atoms with Crippen molar-refractivity contribution in [3.05, 3.63) is 0 Å². The summed E-state index contributed by atoms with van der Waals surface area (Å²) in [7, 11) is 0. The molecule has 1 amide bonds. The van der Waals surface area contributed by atoms with Crippen LogP contribution in [0.25, 0.3) is 0 Å². The van der Waals surface area contributed by atoms with Gasteiger partial charge in [-0.05, 0) is 32.1 Å². The lowest BCUT2D eigenvalue weighted by atomic mass is 9.82. The zero-order valence-corrected chi connectivity index (χ0v) is 11.3. The molecule has 0 saturated heterocycles. The Balaban J connectivity index is 2.65. The highest BCUT2D eigenvalue weighted by Crippen LogP contribution is 2.37. The van der Waals surface area contributed by atoms with Gasteiger partial charge in [-0.3, -0.25) is 4.79 Å². The molecule has 1 aliphatic carbocycles. The van der Waals surface area contributed by atoms with E-state index in [1.165, 1.54) is 0 Å². The predicted molar refractivity (Wildman–Crippen MR) is 67.0 cm³/mol. The maximum Gasteiger partial charge on any atom is 0.227 e. The summed E-state index contributed by atoms with van der Waals surface area (Å²) in [6.07, 6.45) is 2.94. The molecule has 94 valence electrons. The van der Waals surface area contributed by atoms with Gasteiger partial charge >= 0.3 is 0 Å². The number of nitrogens with one attached hydrogen (secondary N) is 1.